The lowest BCUT2D eigenvalue weighted by atomic mass is 10.0. The zero-order chi connectivity index (χ0) is 24.3. The standard InChI is InChI=1S/C25H30N4O4/c1-15(30)29(5)19-8-6-7-16(11-19)12-20(26)23(31)27-18-9-10-21-17(13-18)14-22(28-21)24(32)33-25(2,3)4/h6-11,13-14,20,28H,12,26H2,1-5H3,(H,27,31)/t20-/m0/s1. The number of hydrogen-bond donors (Lipinski definition) is 3. The summed E-state index contributed by atoms with van der Waals surface area (Å²) in [6, 6.07) is 13.6. The lowest BCUT2D eigenvalue weighted by Gasteiger charge is -2.18. The topological polar surface area (TPSA) is 118 Å². The van der Waals surface area contributed by atoms with Crippen molar-refractivity contribution in [2.24, 2.45) is 5.73 Å². The zero-order valence-electron chi connectivity index (χ0n) is 19.6. The predicted octanol–water partition coefficient (Wildman–Crippen LogP) is 3.61. The number of benzene rings is 2. The van der Waals surface area contributed by atoms with Gasteiger partial charge in [0.15, 0.2) is 0 Å². The number of fused-ring (bicyclic) bond motifs is 1. The van der Waals surface area contributed by atoms with Crippen LogP contribution in [0.5, 0.6) is 0 Å². The van der Waals surface area contributed by atoms with Crippen molar-refractivity contribution < 1.29 is 19.1 Å². The minimum absolute atomic E-state index is 0.0795. The van der Waals surface area contributed by atoms with Gasteiger partial charge in [0.05, 0.1) is 6.04 Å². The van der Waals surface area contributed by atoms with Crippen molar-refractivity contribution in [2.45, 2.75) is 45.8 Å². The molecule has 8 heteroatoms. The van der Waals surface area contributed by atoms with E-state index in [1.165, 1.54) is 11.8 Å². The van der Waals surface area contributed by atoms with Crippen LogP contribution in [0.2, 0.25) is 0 Å². The van der Waals surface area contributed by atoms with Crippen molar-refractivity contribution in [1.29, 1.82) is 0 Å². The smallest absolute Gasteiger partial charge is 0.355 e. The molecule has 0 saturated heterocycles. The number of esters is 1. The fraction of sp³-hybridized carbons (Fsp3) is 0.320. The van der Waals surface area contributed by atoms with Crippen LogP contribution in [0.4, 0.5) is 11.4 Å². The molecule has 0 aliphatic rings. The van der Waals surface area contributed by atoms with Crippen LogP contribution >= 0.6 is 0 Å². The van der Waals surface area contributed by atoms with Crippen LogP contribution in [-0.4, -0.2) is 41.5 Å². The molecule has 0 saturated carbocycles. The maximum atomic E-state index is 12.7. The monoisotopic (exact) mass is 450 g/mol. The summed E-state index contributed by atoms with van der Waals surface area (Å²) >= 11 is 0. The molecule has 8 nitrogen and oxygen atoms in total. The van der Waals surface area contributed by atoms with E-state index >= 15 is 0 Å². The lowest BCUT2D eigenvalue weighted by Crippen LogP contribution is -2.37. The van der Waals surface area contributed by atoms with Crippen molar-refractivity contribution >= 4 is 40.1 Å². The minimum Gasteiger partial charge on any atom is -0.455 e. The van der Waals surface area contributed by atoms with Gasteiger partial charge >= 0.3 is 5.97 Å². The molecule has 1 atom stereocenters. The Balaban J connectivity index is 1.68. The number of anilines is 2. The molecule has 0 aliphatic heterocycles. The molecule has 1 heterocycles. The van der Waals surface area contributed by atoms with Crippen LogP contribution in [-0.2, 0) is 20.7 Å². The highest BCUT2D eigenvalue weighted by molar-refractivity contribution is 5.99. The molecule has 2 aromatic carbocycles. The first kappa shape index (κ1) is 24.0. The molecule has 0 spiro atoms. The number of aromatic nitrogens is 1. The number of amides is 2. The van der Waals surface area contributed by atoms with Gasteiger partial charge in [-0.15, -0.1) is 0 Å². The molecule has 33 heavy (non-hydrogen) atoms. The van der Waals surface area contributed by atoms with Crippen molar-refractivity contribution in [3.8, 4) is 0 Å². The Kier molecular flexibility index (Phi) is 6.88. The number of carbonyl (C=O) groups excluding carboxylic acids is 3. The number of aromatic amines is 1. The maximum absolute atomic E-state index is 12.7. The number of hydrogen-bond acceptors (Lipinski definition) is 5. The third-order valence-electron chi connectivity index (χ3n) is 5.07. The van der Waals surface area contributed by atoms with Gasteiger partial charge in [0.25, 0.3) is 0 Å². The third-order valence-corrected chi connectivity index (χ3v) is 5.07. The number of nitrogens with zero attached hydrogens (tertiary/aromatic N) is 1. The first-order valence-corrected chi connectivity index (χ1v) is 10.7. The van der Waals surface area contributed by atoms with Gasteiger partial charge in [-0.25, -0.2) is 4.79 Å². The summed E-state index contributed by atoms with van der Waals surface area (Å²) in [5, 5.41) is 3.59. The number of nitrogens with two attached hydrogens (primary N) is 1. The molecule has 174 valence electrons. The SMILES string of the molecule is CC(=O)N(C)c1cccc(C[C@H](N)C(=O)Nc2ccc3[nH]c(C(=O)OC(C)(C)C)cc3c2)c1. The summed E-state index contributed by atoms with van der Waals surface area (Å²) in [7, 11) is 1.69. The molecule has 3 aromatic rings. The Hall–Kier alpha value is -3.65. The van der Waals surface area contributed by atoms with E-state index in [4.69, 9.17) is 10.5 Å². The van der Waals surface area contributed by atoms with Crippen molar-refractivity contribution in [1.82, 2.24) is 4.98 Å². The molecule has 0 fully saturated rings. The first-order chi connectivity index (χ1) is 15.4. The summed E-state index contributed by atoms with van der Waals surface area (Å²) < 4.78 is 5.39. The molecule has 0 aliphatic carbocycles. The van der Waals surface area contributed by atoms with Gasteiger partial charge in [-0.05, 0) is 69.2 Å². The van der Waals surface area contributed by atoms with Crippen LogP contribution in [0, 0.1) is 0 Å². The number of H-pyrrole nitrogens is 1. The fourth-order valence-corrected chi connectivity index (χ4v) is 3.31. The summed E-state index contributed by atoms with van der Waals surface area (Å²) in [5.41, 5.74) is 8.81. The number of rotatable bonds is 6. The molecule has 3 rings (SSSR count). The second-order valence-corrected chi connectivity index (χ2v) is 9.03. The van der Waals surface area contributed by atoms with E-state index in [-0.39, 0.29) is 11.8 Å². The van der Waals surface area contributed by atoms with Gasteiger partial charge in [-0.1, -0.05) is 12.1 Å². The Bertz CT molecular complexity index is 1190. The fourth-order valence-electron chi connectivity index (χ4n) is 3.31. The average Bonchev–Trinajstić information content (AvgIpc) is 3.15. The number of carbonyl (C=O) groups is 3. The van der Waals surface area contributed by atoms with Gasteiger partial charge in [0.2, 0.25) is 11.8 Å². The van der Waals surface area contributed by atoms with E-state index in [0.29, 0.717) is 17.8 Å². The largest absolute Gasteiger partial charge is 0.455 e. The van der Waals surface area contributed by atoms with Crippen LogP contribution in [0.1, 0.15) is 43.7 Å². The van der Waals surface area contributed by atoms with E-state index in [9.17, 15) is 14.4 Å². The normalized spacial score (nSPS) is 12.3. The molecule has 4 N–H and O–H groups in total. The third kappa shape index (κ3) is 6.20. The average molecular weight is 451 g/mol. The highest BCUT2D eigenvalue weighted by Gasteiger charge is 2.20. The quantitative estimate of drug-likeness (QED) is 0.496. The molecule has 1 aromatic heterocycles. The molecular weight excluding hydrogens is 420 g/mol. The van der Waals surface area contributed by atoms with Crippen LogP contribution < -0.4 is 16.0 Å². The van der Waals surface area contributed by atoms with Gasteiger partial charge in [-0.3, -0.25) is 9.59 Å². The summed E-state index contributed by atoms with van der Waals surface area (Å²) in [6.45, 7) is 6.91. The molecule has 2 amide bonds. The van der Waals surface area contributed by atoms with E-state index in [1.807, 2.05) is 45.0 Å². The first-order valence-electron chi connectivity index (χ1n) is 10.7. The summed E-state index contributed by atoms with van der Waals surface area (Å²) in [5.74, 6) is -0.851. The van der Waals surface area contributed by atoms with Crippen molar-refractivity contribution in [3.63, 3.8) is 0 Å². The predicted molar refractivity (Wildman–Crippen MR) is 129 cm³/mol. The van der Waals surface area contributed by atoms with Gasteiger partial charge < -0.3 is 25.7 Å². The van der Waals surface area contributed by atoms with Crippen LogP contribution in [0.15, 0.2) is 48.5 Å². The van der Waals surface area contributed by atoms with Crippen LogP contribution in [0.25, 0.3) is 10.9 Å². The summed E-state index contributed by atoms with van der Waals surface area (Å²) in [6.07, 6.45) is 0.320. The highest BCUT2D eigenvalue weighted by Crippen LogP contribution is 2.22. The minimum atomic E-state index is -0.776. The molecule has 0 unspecified atom stereocenters. The molecule has 0 radical (unpaired) electrons. The van der Waals surface area contributed by atoms with Gasteiger partial charge in [-0.2, -0.15) is 0 Å². The second-order valence-electron chi connectivity index (χ2n) is 9.03. The Morgan fingerprint density at radius 2 is 1.85 bits per heavy atom. The summed E-state index contributed by atoms with van der Waals surface area (Å²) in [4.78, 5) is 41.1. The Labute approximate surface area is 193 Å². The molecular formula is C25H30N4O4. The van der Waals surface area contributed by atoms with Crippen LogP contribution in [0.3, 0.4) is 0 Å². The van der Waals surface area contributed by atoms with E-state index in [1.54, 1.807) is 31.3 Å². The van der Waals surface area contributed by atoms with E-state index in [2.05, 4.69) is 10.3 Å². The molecule has 0 bridgehead atoms. The van der Waals surface area contributed by atoms with Crippen molar-refractivity contribution in [3.05, 3.63) is 59.8 Å². The van der Waals surface area contributed by atoms with Gasteiger partial charge in [0.1, 0.15) is 11.3 Å². The number of ether oxygens (including phenoxy) is 1. The van der Waals surface area contributed by atoms with E-state index < -0.39 is 17.6 Å². The van der Waals surface area contributed by atoms with E-state index in [0.717, 1.165) is 22.2 Å². The van der Waals surface area contributed by atoms with Gasteiger partial charge in [0, 0.05) is 36.2 Å². The Morgan fingerprint density at radius 3 is 2.52 bits per heavy atom. The Morgan fingerprint density at radius 1 is 1.12 bits per heavy atom. The maximum Gasteiger partial charge on any atom is 0.355 e. The highest BCUT2D eigenvalue weighted by atomic mass is 16.6. The zero-order valence-corrected chi connectivity index (χ0v) is 19.6. The lowest BCUT2D eigenvalue weighted by molar-refractivity contribution is -0.117. The number of nitrogens with one attached hydrogen (secondary N) is 2. The van der Waals surface area contributed by atoms with Crippen molar-refractivity contribution in [2.75, 3.05) is 17.3 Å². The second kappa shape index (κ2) is 9.46.